The Balaban J connectivity index is 1.84. The third-order valence-electron chi connectivity index (χ3n) is 4.66. The average Bonchev–Trinajstić information content (AvgIpc) is 2.79. The van der Waals surface area contributed by atoms with Crippen LogP contribution in [-0.2, 0) is 0 Å². The molecule has 30 heavy (non-hydrogen) atoms. The van der Waals surface area contributed by atoms with Gasteiger partial charge < -0.3 is 5.73 Å². The van der Waals surface area contributed by atoms with Crippen LogP contribution in [0, 0.1) is 10.1 Å². The van der Waals surface area contributed by atoms with Crippen LogP contribution in [0.4, 0.5) is 5.69 Å². The Morgan fingerprint density at radius 3 is 2.03 bits per heavy atom. The average molecular weight is 396 g/mol. The van der Waals surface area contributed by atoms with Gasteiger partial charge in [0.05, 0.1) is 16.3 Å². The molecule has 0 aliphatic heterocycles. The molecule has 7 heteroatoms. The van der Waals surface area contributed by atoms with Crippen LogP contribution in [0.2, 0.25) is 0 Å². The number of nitro groups is 1. The molecule has 0 radical (unpaired) electrons. The Hall–Kier alpha value is -4.39. The molecule has 0 bridgehead atoms. The van der Waals surface area contributed by atoms with E-state index < -0.39 is 10.8 Å². The van der Waals surface area contributed by atoms with Crippen LogP contribution < -0.4 is 5.73 Å². The summed E-state index contributed by atoms with van der Waals surface area (Å²) in [6, 6.07) is 20.8. The molecule has 146 valence electrons. The molecule has 0 saturated heterocycles. The topological polar surface area (TPSA) is 112 Å². The minimum Gasteiger partial charge on any atom is -0.366 e. The molecule has 0 spiro atoms. The van der Waals surface area contributed by atoms with Crippen molar-refractivity contribution in [2.24, 2.45) is 5.73 Å². The number of nitrogens with two attached hydrogens (primary N) is 1. The molecule has 1 amide bonds. The Morgan fingerprint density at radius 1 is 0.833 bits per heavy atom. The zero-order valence-electron chi connectivity index (χ0n) is 15.7. The van der Waals surface area contributed by atoms with Crippen molar-refractivity contribution >= 4 is 11.6 Å². The van der Waals surface area contributed by atoms with Crippen molar-refractivity contribution in [2.45, 2.75) is 0 Å². The normalized spacial score (nSPS) is 10.5. The molecule has 2 N–H and O–H groups in total. The molecule has 0 atom stereocenters. The van der Waals surface area contributed by atoms with Crippen LogP contribution in [0.25, 0.3) is 33.6 Å². The molecule has 2 heterocycles. The van der Waals surface area contributed by atoms with E-state index in [0.717, 1.165) is 22.3 Å². The molecule has 0 unspecified atom stereocenters. The van der Waals surface area contributed by atoms with E-state index in [1.807, 2.05) is 36.4 Å². The smallest absolute Gasteiger partial charge is 0.269 e. The van der Waals surface area contributed by atoms with Crippen LogP contribution in [0.5, 0.6) is 0 Å². The van der Waals surface area contributed by atoms with Crippen molar-refractivity contribution in [3.05, 3.63) is 101 Å². The maximum Gasteiger partial charge on any atom is 0.269 e. The first-order valence-corrected chi connectivity index (χ1v) is 9.09. The number of hydrogen-bond acceptors (Lipinski definition) is 5. The highest BCUT2D eigenvalue weighted by molar-refractivity contribution is 5.93. The fraction of sp³-hybridized carbons (Fsp3) is 0. The van der Waals surface area contributed by atoms with Gasteiger partial charge in [0, 0.05) is 41.2 Å². The lowest BCUT2D eigenvalue weighted by Gasteiger charge is -2.10. The molecule has 4 aromatic rings. The van der Waals surface area contributed by atoms with Crippen molar-refractivity contribution < 1.29 is 9.72 Å². The fourth-order valence-electron chi connectivity index (χ4n) is 3.09. The number of primary amides is 1. The SMILES string of the molecule is NC(=O)c1ccc(-c2cc(-c3ccc([N+](=O)[O-])cc3)nc(-c3cccnc3)c2)cc1. The van der Waals surface area contributed by atoms with Crippen molar-refractivity contribution in [3.63, 3.8) is 0 Å². The summed E-state index contributed by atoms with van der Waals surface area (Å²) >= 11 is 0. The van der Waals surface area contributed by atoms with Crippen molar-refractivity contribution in [3.8, 4) is 33.6 Å². The predicted octanol–water partition coefficient (Wildman–Crippen LogP) is 4.48. The van der Waals surface area contributed by atoms with Crippen LogP contribution in [-0.4, -0.2) is 20.8 Å². The van der Waals surface area contributed by atoms with Gasteiger partial charge in [0.2, 0.25) is 5.91 Å². The molecule has 0 aliphatic rings. The van der Waals surface area contributed by atoms with E-state index in [2.05, 4.69) is 4.98 Å². The highest BCUT2D eigenvalue weighted by atomic mass is 16.6. The number of carbonyl (C=O) groups is 1. The number of nitro benzene ring substituents is 1. The number of carbonyl (C=O) groups excluding carboxylic acids is 1. The summed E-state index contributed by atoms with van der Waals surface area (Å²) in [4.78, 5) is 30.8. The lowest BCUT2D eigenvalue weighted by molar-refractivity contribution is -0.384. The number of non-ortho nitro benzene ring substituents is 1. The van der Waals surface area contributed by atoms with Gasteiger partial charge in [-0.25, -0.2) is 4.98 Å². The third kappa shape index (κ3) is 3.90. The van der Waals surface area contributed by atoms with Crippen LogP contribution in [0.15, 0.2) is 85.2 Å². The highest BCUT2D eigenvalue weighted by Crippen LogP contribution is 2.30. The molecular formula is C23H16N4O3. The van der Waals surface area contributed by atoms with Gasteiger partial charge >= 0.3 is 0 Å². The molecule has 4 rings (SSSR count). The highest BCUT2D eigenvalue weighted by Gasteiger charge is 2.11. The maximum absolute atomic E-state index is 11.4. The largest absolute Gasteiger partial charge is 0.366 e. The molecule has 7 nitrogen and oxygen atoms in total. The zero-order chi connectivity index (χ0) is 21.1. The number of pyridine rings is 2. The quantitative estimate of drug-likeness (QED) is 0.395. The molecule has 0 fully saturated rings. The summed E-state index contributed by atoms with van der Waals surface area (Å²) in [5.74, 6) is -0.487. The van der Waals surface area contributed by atoms with Gasteiger partial charge in [-0.1, -0.05) is 12.1 Å². The Morgan fingerprint density at radius 2 is 1.47 bits per heavy atom. The van der Waals surface area contributed by atoms with Gasteiger partial charge in [-0.3, -0.25) is 19.9 Å². The van der Waals surface area contributed by atoms with Crippen molar-refractivity contribution in [1.29, 1.82) is 0 Å². The third-order valence-corrected chi connectivity index (χ3v) is 4.66. The summed E-state index contributed by atoms with van der Waals surface area (Å²) in [5, 5.41) is 11.0. The Kier molecular flexibility index (Phi) is 5.00. The second-order valence-corrected chi connectivity index (χ2v) is 6.61. The standard InChI is InChI=1S/C23H16N4O3/c24-23(28)17-5-3-15(4-6-17)19-12-21(16-7-9-20(10-8-16)27(29)30)26-22(13-19)18-2-1-11-25-14-18/h1-14H,(H2,24,28). The van der Waals surface area contributed by atoms with E-state index in [9.17, 15) is 14.9 Å². The van der Waals surface area contributed by atoms with Gasteiger partial charge in [-0.05, 0) is 59.7 Å². The molecule has 2 aromatic heterocycles. The number of benzene rings is 2. The van der Waals surface area contributed by atoms with Gasteiger partial charge in [-0.2, -0.15) is 0 Å². The van der Waals surface area contributed by atoms with Crippen LogP contribution in [0.1, 0.15) is 10.4 Å². The van der Waals surface area contributed by atoms with E-state index in [1.165, 1.54) is 12.1 Å². The van der Waals surface area contributed by atoms with E-state index in [-0.39, 0.29) is 5.69 Å². The van der Waals surface area contributed by atoms with Gasteiger partial charge in [-0.15, -0.1) is 0 Å². The lowest BCUT2D eigenvalue weighted by atomic mass is 9.99. The Labute approximate surface area is 172 Å². The summed E-state index contributed by atoms with van der Waals surface area (Å²) in [5.41, 5.74) is 10.5. The van der Waals surface area contributed by atoms with E-state index >= 15 is 0 Å². The second kappa shape index (κ2) is 7.92. The summed E-state index contributed by atoms with van der Waals surface area (Å²) in [6.07, 6.45) is 3.41. The number of aromatic nitrogens is 2. The van der Waals surface area contributed by atoms with Gasteiger partial charge in [0.15, 0.2) is 0 Å². The molecule has 2 aromatic carbocycles. The van der Waals surface area contributed by atoms with Crippen LogP contribution >= 0.6 is 0 Å². The number of nitrogens with zero attached hydrogens (tertiary/aromatic N) is 3. The van der Waals surface area contributed by atoms with Crippen LogP contribution in [0.3, 0.4) is 0 Å². The molecule has 0 aliphatic carbocycles. The first kappa shape index (κ1) is 18.9. The minimum absolute atomic E-state index is 0.0180. The van der Waals surface area contributed by atoms with E-state index in [4.69, 9.17) is 10.7 Å². The Bertz CT molecular complexity index is 1150. The maximum atomic E-state index is 11.4. The molecule has 0 saturated carbocycles. The van der Waals surface area contributed by atoms with E-state index in [1.54, 1.807) is 36.7 Å². The number of hydrogen-bond donors (Lipinski definition) is 1. The fourth-order valence-corrected chi connectivity index (χ4v) is 3.09. The van der Waals surface area contributed by atoms with Crippen molar-refractivity contribution in [2.75, 3.05) is 0 Å². The minimum atomic E-state index is -0.487. The summed E-state index contributed by atoms with van der Waals surface area (Å²) < 4.78 is 0. The summed E-state index contributed by atoms with van der Waals surface area (Å²) in [7, 11) is 0. The first-order chi connectivity index (χ1) is 14.5. The predicted molar refractivity (Wildman–Crippen MR) is 114 cm³/mol. The monoisotopic (exact) mass is 396 g/mol. The molecular weight excluding hydrogens is 380 g/mol. The summed E-state index contributed by atoms with van der Waals surface area (Å²) in [6.45, 7) is 0. The zero-order valence-corrected chi connectivity index (χ0v) is 15.7. The lowest BCUT2D eigenvalue weighted by Crippen LogP contribution is -2.10. The van der Waals surface area contributed by atoms with Crippen molar-refractivity contribution in [1.82, 2.24) is 9.97 Å². The van der Waals surface area contributed by atoms with Gasteiger partial charge in [0.1, 0.15) is 0 Å². The second-order valence-electron chi connectivity index (χ2n) is 6.61. The van der Waals surface area contributed by atoms with Gasteiger partial charge in [0.25, 0.3) is 5.69 Å². The van der Waals surface area contributed by atoms with E-state index in [0.29, 0.717) is 17.0 Å². The first-order valence-electron chi connectivity index (χ1n) is 9.09. The number of rotatable bonds is 5. The number of amides is 1.